The molecule has 2 saturated heterocycles. The van der Waals surface area contributed by atoms with Crippen molar-refractivity contribution < 1.29 is 9.53 Å². The number of hydrogen-bond donors (Lipinski definition) is 1. The summed E-state index contributed by atoms with van der Waals surface area (Å²) in [4.78, 5) is 23.4. The van der Waals surface area contributed by atoms with Gasteiger partial charge < -0.3 is 15.0 Å². The highest BCUT2D eigenvalue weighted by molar-refractivity contribution is 5.78. The van der Waals surface area contributed by atoms with Crippen molar-refractivity contribution in [3.05, 3.63) is 30.5 Å². The molecule has 4 heterocycles. The lowest BCUT2D eigenvalue weighted by atomic mass is 9.93. The Kier molecular flexibility index (Phi) is 4.94. The molecule has 1 amide bonds. The summed E-state index contributed by atoms with van der Waals surface area (Å²) in [7, 11) is 0. The number of imidazole rings is 1. The van der Waals surface area contributed by atoms with Gasteiger partial charge in [0.05, 0.1) is 24.6 Å². The third-order valence-electron chi connectivity index (χ3n) is 5.45. The van der Waals surface area contributed by atoms with Gasteiger partial charge in [-0.3, -0.25) is 14.2 Å². The topological polar surface area (TPSA) is 71.8 Å². The quantitative estimate of drug-likeness (QED) is 0.904. The predicted molar refractivity (Wildman–Crippen MR) is 93.0 cm³/mol. The van der Waals surface area contributed by atoms with Crippen LogP contribution in [0.3, 0.4) is 0 Å². The number of fused-ring (bicyclic) bond motifs is 1. The standard InChI is InChI=1S/C18H25N5O2/c24-18(21-12-16-11-20-17-13-19-5-8-23(16)17)14-1-6-22(7-2-14)15-3-9-25-10-4-15/h5,8,11,13-15H,1-4,6-7,9-10,12H2,(H,21,24). The second-order valence-electron chi connectivity index (χ2n) is 6.93. The van der Waals surface area contributed by atoms with E-state index in [-0.39, 0.29) is 11.8 Å². The van der Waals surface area contributed by atoms with Crippen LogP contribution in [0.1, 0.15) is 31.4 Å². The van der Waals surface area contributed by atoms with Crippen molar-refractivity contribution in [2.75, 3.05) is 26.3 Å². The number of ether oxygens (including phenoxy) is 1. The maximum absolute atomic E-state index is 12.5. The summed E-state index contributed by atoms with van der Waals surface area (Å²) < 4.78 is 7.41. The van der Waals surface area contributed by atoms with Crippen LogP contribution in [0.2, 0.25) is 0 Å². The van der Waals surface area contributed by atoms with Gasteiger partial charge in [-0.1, -0.05) is 0 Å². The fraction of sp³-hybridized carbons (Fsp3) is 0.611. The average Bonchev–Trinajstić information content (AvgIpc) is 3.10. The molecule has 0 aliphatic carbocycles. The molecule has 0 aromatic carbocycles. The maximum atomic E-state index is 12.5. The van der Waals surface area contributed by atoms with Gasteiger partial charge in [-0.15, -0.1) is 0 Å². The van der Waals surface area contributed by atoms with Crippen molar-refractivity contribution in [2.24, 2.45) is 5.92 Å². The molecule has 1 N–H and O–H groups in total. The number of nitrogens with one attached hydrogen (secondary N) is 1. The van der Waals surface area contributed by atoms with Gasteiger partial charge in [-0.2, -0.15) is 0 Å². The van der Waals surface area contributed by atoms with Crippen molar-refractivity contribution in [1.82, 2.24) is 24.6 Å². The highest BCUT2D eigenvalue weighted by Gasteiger charge is 2.29. The molecule has 0 bridgehead atoms. The molecular weight excluding hydrogens is 318 g/mol. The third-order valence-corrected chi connectivity index (χ3v) is 5.45. The average molecular weight is 343 g/mol. The van der Waals surface area contributed by atoms with Crippen molar-refractivity contribution >= 4 is 11.6 Å². The second-order valence-corrected chi connectivity index (χ2v) is 6.93. The number of likely N-dealkylation sites (tertiary alicyclic amines) is 1. The summed E-state index contributed by atoms with van der Waals surface area (Å²) in [5.74, 6) is 0.285. The van der Waals surface area contributed by atoms with Gasteiger partial charge in [0.15, 0.2) is 5.65 Å². The lowest BCUT2D eigenvalue weighted by Gasteiger charge is -2.38. The first kappa shape index (κ1) is 16.5. The third kappa shape index (κ3) is 3.67. The number of carbonyl (C=O) groups is 1. The van der Waals surface area contributed by atoms with E-state index in [0.29, 0.717) is 12.6 Å². The van der Waals surface area contributed by atoms with Gasteiger partial charge in [-0.25, -0.2) is 4.98 Å². The molecule has 2 aliphatic heterocycles. The highest BCUT2D eigenvalue weighted by atomic mass is 16.5. The largest absolute Gasteiger partial charge is 0.381 e. The zero-order valence-electron chi connectivity index (χ0n) is 14.4. The minimum Gasteiger partial charge on any atom is -0.381 e. The Morgan fingerprint density at radius 1 is 1.20 bits per heavy atom. The number of amides is 1. The van der Waals surface area contributed by atoms with E-state index in [0.717, 1.165) is 63.3 Å². The molecule has 0 unspecified atom stereocenters. The van der Waals surface area contributed by atoms with Gasteiger partial charge in [-0.05, 0) is 38.8 Å². The monoisotopic (exact) mass is 343 g/mol. The van der Waals surface area contributed by atoms with E-state index >= 15 is 0 Å². The molecule has 2 fully saturated rings. The van der Waals surface area contributed by atoms with Crippen LogP contribution < -0.4 is 5.32 Å². The number of piperidine rings is 1. The minimum atomic E-state index is 0.122. The maximum Gasteiger partial charge on any atom is 0.223 e. The molecule has 7 nitrogen and oxygen atoms in total. The summed E-state index contributed by atoms with van der Waals surface area (Å²) in [6.45, 7) is 4.29. The molecule has 0 atom stereocenters. The van der Waals surface area contributed by atoms with Crippen molar-refractivity contribution in [3.63, 3.8) is 0 Å². The Balaban J connectivity index is 1.27. The fourth-order valence-corrected chi connectivity index (χ4v) is 3.92. The number of nitrogens with zero attached hydrogens (tertiary/aromatic N) is 4. The molecule has 2 aromatic heterocycles. The first-order valence-corrected chi connectivity index (χ1v) is 9.17. The number of carbonyl (C=O) groups excluding carboxylic acids is 1. The van der Waals surface area contributed by atoms with Gasteiger partial charge in [0.2, 0.25) is 5.91 Å². The summed E-state index contributed by atoms with van der Waals surface area (Å²) in [6, 6.07) is 0.643. The van der Waals surface area contributed by atoms with Gasteiger partial charge in [0.1, 0.15) is 0 Å². The Hall–Kier alpha value is -1.99. The van der Waals surface area contributed by atoms with Crippen LogP contribution in [0, 0.1) is 5.92 Å². The molecule has 0 saturated carbocycles. The molecule has 7 heteroatoms. The molecule has 2 aliphatic rings. The van der Waals surface area contributed by atoms with Crippen LogP contribution in [0.15, 0.2) is 24.8 Å². The van der Waals surface area contributed by atoms with Crippen LogP contribution in [0.5, 0.6) is 0 Å². The molecule has 0 radical (unpaired) electrons. The molecule has 4 rings (SSSR count). The lowest BCUT2D eigenvalue weighted by Crippen LogP contribution is -2.46. The number of rotatable bonds is 4. The number of aromatic nitrogens is 3. The number of hydrogen-bond acceptors (Lipinski definition) is 5. The smallest absolute Gasteiger partial charge is 0.223 e. The van der Waals surface area contributed by atoms with Gasteiger partial charge >= 0.3 is 0 Å². The summed E-state index contributed by atoms with van der Waals surface area (Å²) >= 11 is 0. The SMILES string of the molecule is O=C(NCc1cnc2cnccn12)C1CCN(C2CCOCC2)CC1. The van der Waals surface area contributed by atoms with Crippen molar-refractivity contribution in [1.29, 1.82) is 0 Å². The Bertz CT molecular complexity index is 717. The van der Waals surface area contributed by atoms with Crippen molar-refractivity contribution in [3.8, 4) is 0 Å². The summed E-state index contributed by atoms with van der Waals surface area (Å²) in [6.07, 6.45) is 11.3. The summed E-state index contributed by atoms with van der Waals surface area (Å²) in [5.41, 5.74) is 1.78. The van der Waals surface area contributed by atoms with E-state index < -0.39 is 0 Å². The Morgan fingerprint density at radius 3 is 2.80 bits per heavy atom. The minimum absolute atomic E-state index is 0.122. The Labute approximate surface area is 147 Å². The Morgan fingerprint density at radius 2 is 2.00 bits per heavy atom. The predicted octanol–water partition coefficient (Wildman–Crippen LogP) is 1.24. The van der Waals surface area contributed by atoms with Crippen LogP contribution >= 0.6 is 0 Å². The molecule has 2 aromatic rings. The van der Waals surface area contributed by atoms with Crippen LogP contribution in [-0.2, 0) is 16.1 Å². The van der Waals surface area contributed by atoms with E-state index in [1.807, 2.05) is 10.6 Å². The fourth-order valence-electron chi connectivity index (χ4n) is 3.92. The first-order chi connectivity index (χ1) is 12.3. The van der Waals surface area contributed by atoms with E-state index in [1.165, 1.54) is 0 Å². The van der Waals surface area contributed by atoms with Crippen LogP contribution in [-0.4, -0.2) is 57.5 Å². The van der Waals surface area contributed by atoms with E-state index in [1.54, 1.807) is 18.6 Å². The lowest BCUT2D eigenvalue weighted by molar-refractivity contribution is -0.127. The summed E-state index contributed by atoms with van der Waals surface area (Å²) in [5, 5.41) is 3.08. The first-order valence-electron chi connectivity index (χ1n) is 9.17. The normalized spacial score (nSPS) is 20.8. The van der Waals surface area contributed by atoms with E-state index in [2.05, 4.69) is 20.2 Å². The zero-order valence-corrected chi connectivity index (χ0v) is 14.4. The second kappa shape index (κ2) is 7.49. The van der Waals surface area contributed by atoms with E-state index in [9.17, 15) is 4.79 Å². The molecule has 134 valence electrons. The van der Waals surface area contributed by atoms with Gasteiger partial charge in [0.25, 0.3) is 0 Å². The van der Waals surface area contributed by atoms with Crippen LogP contribution in [0.4, 0.5) is 0 Å². The highest BCUT2D eigenvalue weighted by Crippen LogP contribution is 2.23. The zero-order chi connectivity index (χ0) is 17.1. The molecule has 25 heavy (non-hydrogen) atoms. The van der Waals surface area contributed by atoms with E-state index in [4.69, 9.17) is 4.74 Å². The van der Waals surface area contributed by atoms with Crippen LogP contribution in [0.25, 0.3) is 5.65 Å². The molecule has 0 spiro atoms. The van der Waals surface area contributed by atoms with Gasteiger partial charge in [0, 0.05) is 37.6 Å². The molecular formula is C18H25N5O2. The van der Waals surface area contributed by atoms with Crippen molar-refractivity contribution in [2.45, 2.75) is 38.3 Å².